The molecule has 2 aromatic rings. The lowest BCUT2D eigenvalue weighted by molar-refractivity contribution is -0.143. The lowest BCUT2D eigenvalue weighted by Gasteiger charge is -2.24. The minimum atomic E-state index is -4.98. The van der Waals surface area contributed by atoms with Gasteiger partial charge in [-0.15, -0.1) is 0 Å². The highest BCUT2D eigenvalue weighted by Crippen LogP contribution is 2.38. The first-order chi connectivity index (χ1) is 11.5. The van der Waals surface area contributed by atoms with Crippen LogP contribution in [0, 0.1) is 0 Å². The van der Waals surface area contributed by atoms with E-state index >= 15 is 0 Å². The zero-order valence-corrected chi connectivity index (χ0v) is 12.8. The van der Waals surface area contributed by atoms with Crippen molar-refractivity contribution >= 4 is 11.6 Å². The van der Waals surface area contributed by atoms with Crippen LogP contribution in [0.2, 0.25) is 0 Å². The molecule has 0 spiro atoms. The number of nitrogens with zero attached hydrogens (tertiary/aromatic N) is 2. The van der Waals surface area contributed by atoms with Gasteiger partial charge in [-0.05, 0) is 29.8 Å². The number of rotatable bonds is 3. The number of aromatic nitrogens is 1. The highest BCUT2D eigenvalue weighted by Gasteiger charge is 2.37. The van der Waals surface area contributed by atoms with Crippen LogP contribution in [-0.2, 0) is 23.7 Å². The van der Waals surface area contributed by atoms with E-state index in [4.69, 9.17) is 0 Å². The maximum Gasteiger partial charge on any atom is 0.416 e. The number of carbonyl (C=O) groups excluding carboxylic acids is 1. The fourth-order valence-corrected chi connectivity index (χ4v) is 2.15. The second kappa shape index (κ2) is 6.73. The molecule has 9 heteroatoms. The minimum absolute atomic E-state index is 0.0197. The van der Waals surface area contributed by atoms with Gasteiger partial charge in [-0.1, -0.05) is 6.07 Å². The standard InChI is InChI=1S/C16H12F6N2O/c1-10(25)24(9-11-3-2-4-23-8-11)14-6-12(15(17,18)19)5-13(7-14)16(20,21)22/h2-8H,9H2,1H3. The molecule has 0 aliphatic rings. The predicted molar refractivity (Wildman–Crippen MR) is 77.5 cm³/mol. The molecule has 25 heavy (non-hydrogen) atoms. The van der Waals surface area contributed by atoms with Crippen LogP contribution in [0.4, 0.5) is 32.0 Å². The number of amides is 1. The van der Waals surface area contributed by atoms with Gasteiger partial charge in [0.1, 0.15) is 0 Å². The molecular weight excluding hydrogens is 350 g/mol. The normalized spacial score (nSPS) is 12.1. The zero-order valence-electron chi connectivity index (χ0n) is 12.8. The Hall–Kier alpha value is -2.58. The molecule has 0 unspecified atom stereocenters. The highest BCUT2D eigenvalue weighted by molar-refractivity contribution is 5.91. The summed E-state index contributed by atoms with van der Waals surface area (Å²) in [4.78, 5) is 16.5. The Morgan fingerprint density at radius 3 is 2.00 bits per heavy atom. The van der Waals surface area contributed by atoms with E-state index in [0.29, 0.717) is 17.7 Å². The number of pyridine rings is 1. The SMILES string of the molecule is CC(=O)N(Cc1cccnc1)c1cc(C(F)(F)F)cc(C(F)(F)F)c1. The topological polar surface area (TPSA) is 33.2 Å². The summed E-state index contributed by atoms with van der Waals surface area (Å²) in [7, 11) is 0. The average molecular weight is 362 g/mol. The molecule has 1 aromatic heterocycles. The van der Waals surface area contributed by atoms with Crippen LogP contribution < -0.4 is 4.90 Å². The minimum Gasteiger partial charge on any atom is -0.308 e. The summed E-state index contributed by atoms with van der Waals surface area (Å²) in [5.74, 6) is -0.698. The number of halogens is 6. The van der Waals surface area contributed by atoms with Gasteiger partial charge in [0.15, 0.2) is 0 Å². The van der Waals surface area contributed by atoms with Gasteiger partial charge in [0, 0.05) is 25.0 Å². The number of alkyl halides is 6. The molecule has 0 aliphatic carbocycles. The zero-order chi connectivity index (χ0) is 18.8. The van der Waals surface area contributed by atoms with E-state index in [-0.39, 0.29) is 12.6 Å². The van der Waals surface area contributed by atoms with Crippen molar-refractivity contribution in [2.45, 2.75) is 25.8 Å². The van der Waals surface area contributed by atoms with Crippen LogP contribution in [0.3, 0.4) is 0 Å². The van der Waals surface area contributed by atoms with Gasteiger partial charge in [-0.3, -0.25) is 9.78 Å². The Labute approximate surface area is 138 Å². The molecule has 2 rings (SSSR count). The largest absolute Gasteiger partial charge is 0.416 e. The van der Waals surface area contributed by atoms with E-state index in [1.54, 1.807) is 12.1 Å². The molecule has 0 radical (unpaired) electrons. The number of hydrogen-bond donors (Lipinski definition) is 0. The van der Waals surface area contributed by atoms with Crippen molar-refractivity contribution in [1.29, 1.82) is 0 Å². The van der Waals surface area contributed by atoms with E-state index in [1.807, 2.05) is 0 Å². The molecule has 1 heterocycles. The van der Waals surface area contributed by atoms with E-state index < -0.39 is 35.1 Å². The van der Waals surface area contributed by atoms with E-state index in [1.165, 1.54) is 12.4 Å². The third-order valence-electron chi connectivity index (χ3n) is 3.33. The number of hydrogen-bond acceptors (Lipinski definition) is 2. The van der Waals surface area contributed by atoms with Crippen LogP contribution in [0.15, 0.2) is 42.7 Å². The highest BCUT2D eigenvalue weighted by atomic mass is 19.4. The second-order valence-corrected chi connectivity index (χ2v) is 5.23. The first-order valence-corrected chi connectivity index (χ1v) is 6.95. The average Bonchev–Trinajstić information content (AvgIpc) is 2.51. The van der Waals surface area contributed by atoms with Gasteiger partial charge in [0.05, 0.1) is 17.7 Å². The number of anilines is 1. The van der Waals surface area contributed by atoms with Crippen LogP contribution in [0.25, 0.3) is 0 Å². The van der Waals surface area contributed by atoms with E-state index in [0.717, 1.165) is 11.8 Å². The molecule has 0 N–H and O–H groups in total. The molecule has 0 fully saturated rings. The Morgan fingerprint density at radius 1 is 1.04 bits per heavy atom. The third-order valence-corrected chi connectivity index (χ3v) is 3.33. The van der Waals surface area contributed by atoms with Crippen LogP contribution >= 0.6 is 0 Å². The summed E-state index contributed by atoms with van der Waals surface area (Å²) < 4.78 is 77.7. The van der Waals surface area contributed by atoms with Crippen LogP contribution in [0.1, 0.15) is 23.6 Å². The van der Waals surface area contributed by atoms with E-state index in [9.17, 15) is 31.1 Å². The summed E-state index contributed by atoms with van der Waals surface area (Å²) in [6, 6.07) is 4.16. The molecular formula is C16H12F6N2O. The van der Waals surface area contributed by atoms with Crippen molar-refractivity contribution in [2.24, 2.45) is 0 Å². The van der Waals surface area contributed by atoms with Crippen molar-refractivity contribution in [3.63, 3.8) is 0 Å². The molecule has 0 aliphatic heterocycles. The van der Waals surface area contributed by atoms with Gasteiger partial charge in [-0.25, -0.2) is 0 Å². The predicted octanol–water partition coefficient (Wildman–Crippen LogP) is 4.67. The molecule has 1 amide bonds. The van der Waals surface area contributed by atoms with Gasteiger partial charge < -0.3 is 4.90 Å². The maximum absolute atomic E-state index is 12.9. The van der Waals surface area contributed by atoms with Crippen molar-refractivity contribution < 1.29 is 31.1 Å². The summed E-state index contributed by atoms with van der Waals surface area (Å²) in [6.07, 6.45) is -7.14. The van der Waals surface area contributed by atoms with Crippen molar-refractivity contribution in [1.82, 2.24) is 4.98 Å². The third kappa shape index (κ3) is 4.71. The van der Waals surface area contributed by atoms with Crippen molar-refractivity contribution in [3.05, 3.63) is 59.4 Å². The smallest absolute Gasteiger partial charge is 0.308 e. The second-order valence-electron chi connectivity index (χ2n) is 5.23. The van der Waals surface area contributed by atoms with Crippen molar-refractivity contribution in [3.8, 4) is 0 Å². The monoisotopic (exact) mass is 362 g/mol. The first-order valence-electron chi connectivity index (χ1n) is 6.95. The van der Waals surface area contributed by atoms with E-state index in [2.05, 4.69) is 4.98 Å². The van der Waals surface area contributed by atoms with Crippen molar-refractivity contribution in [2.75, 3.05) is 4.90 Å². The van der Waals surface area contributed by atoms with Crippen LogP contribution in [-0.4, -0.2) is 10.9 Å². The molecule has 1 aromatic carbocycles. The molecule has 0 saturated carbocycles. The summed E-state index contributed by atoms with van der Waals surface area (Å²) in [5.41, 5.74) is -2.98. The Morgan fingerprint density at radius 2 is 1.60 bits per heavy atom. The molecule has 0 saturated heterocycles. The molecule has 0 bridgehead atoms. The Balaban J connectivity index is 2.54. The maximum atomic E-state index is 12.9. The molecule has 134 valence electrons. The number of benzene rings is 1. The quantitative estimate of drug-likeness (QED) is 0.744. The van der Waals surface area contributed by atoms with Gasteiger partial charge in [-0.2, -0.15) is 26.3 Å². The fraction of sp³-hybridized carbons (Fsp3) is 0.250. The van der Waals surface area contributed by atoms with Gasteiger partial charge in [0.2, 0.25) is 5.91 Å². The Kier molecular flexibility index (Phi) is 5.05. The van der Waals surface area contributed by atoms with Gasteiger partial charge in [0.25, 0.3) is 0 Å². The summed E-state index contributed by atoms with van der Waals surface area (Å²) in [5, 5.41) is 0. The summed E-state index contributed by atoms with van der Waals surface area (Å²) >= 11 is 0. The van der Waals surface area contributed by atoms with Gasteiger partial charge >= 0.3 is 12.4 Å². The lowest BCUT2D eigenvalue weighted by atomic mass is 10.1. The summed E-state index contributed by atoms with van der Waals surface area (Å²) in [6.45, 7) is 0.853. The molecule has 0 atom stereocenters. The van der Waals surface area contributed by atoms with Crippen LogP contribution in [0.5, 0.6) is 0 Å². The first kappa shape index (κ1) is 18.8. The fourth-order valence-electron chi connectivity index (χ4n) is 2.15. The molecule has 3 nitrogen and oxygen atoms in total. The lowest BCUT2D eigenvalue weighted by Crippen LogP contribution is -2.28. The number of carbonyl (C=O) groups is 1. The Bertz CT molecular complexity index is 723.